The molecule has 0 spiro atoms. The molecule has 0 saturated carbocycles. The largest absolute Gasteiger partial charge is 0.508 e. The van der Waals surface area contributed by atoms with Crippen molar-refractivity contribution in [2.24, 2.45) is 5.92 Å². The number of ether oxygens (including phenoxy) is 1. The van der Waals surface area contributed by atoms with Crippen LogP contribution in [0, 0.1) is 12.8 Å². The Kier molecular flexibility index (Phi) is 14.3. The number of alkyl carbamates (subject to hydrolysis) is 1. The van der Waals surface area contributed by atoms with Crippen LogP contribution >= 0.6 is 11.6 Å². The highest BCUT2D eigenvalue weighted by atomic mass is 35.5. The molecule has 3 N–H and O–H groups in total. The molecule has 0 radical (unpaired) electrons. The van der Waals surface area contributed by atoms with Crippen molar-refractivity contribution in [3.8, 4) is 5.75 Å². The van der Waals surface area contributed by atoms with Crippen molar-refractivity contribution in [2.45, 2.75) is 111 Å². The Labute approximate surface area is 262 Å². The second-order valence-corrected chi connectivity index (χ2v) is 13.0. The summed E-state index contributed by atoms with van der Waals surface area (Å²) in [7, 11) is 0. The van der Waals surface area contributed by atoms with Crippen LogP contribution in [-0.4, -0.2) is 46.1 Å². The van der Waals surface area contributed by atoms with Gasteiger partial charge in [0.2, 0.25) is 5.91 Å². The average Bonchev–Trinajstić information content (AvgIpc) is 2.90. The van der Waals surface area contributed by atoms with E-state index >= 15 is 0 Å². The minimum atomic E-state index is -1.10. The summed E-state index contributed by atoms with van der Waals surface area (Å²) >= 11 is 6.46. The van der Waals surface area contributed by atoms with Gasteiger partial charge in [-0.15, -0.1) is 0 Å². The van der Waals surface area contributed by atoms with Crippen LogP contribution in [0.3, 0.4) is 0 Å². The molecule has 0 aliphatic carbocycles. The van der Waals surface area contributed by atoms with Crippen molar-refractivity contribution in [1.82, 2.24) is 10.2 Å². The summed E-state index contributed by atoms with van der Waals surface area (Å²) in [4.78, 5) is 42.9. The number of carbonyl (C=O) groups excluding carboxylic acids is 3. The van der Waals surface area contributed by atoms with Gasteiger partial charge in [-0.1, -0.05) is 88.7 Å². The number of unbranched alkanes of at least 4 members (excludes halogenated alkanes) is 5. The lowest BCUT2D eigenvalue weighted by molar-refractivity contribution is -0.141. The van der Waals surface area contributed by atoms with Crippen molar-refractivity contribution in [3.05, 3.63) is 58.6 Å². The van der Waals surface area contributed by atoms with Crippen LogP contribution in [0.2, 0.25) is 5.02 Å². The first-order chi connectivity index (χ1) is 20.2. The normalized spacial score (nSPS) is 12.9. The SMILES string of the molecule is CCCCCCCCN(C(=O)C(CC(C)C)NC(=O)OC(C)(C)C)C(C(=O)Nc1c(C)cccc1Cl)c1cccc(O)c1. The number of nitrogens with zero attached hydrogens (tertiary/aromatic N) is 1. The Morgan fingerprint density at radius 1 is 1.00 bits per heavy atom. The second-order valence-electron chi connectivity index (χ2n) is 12.5. The predicted molar refractivity (Wildman–Crippen MR) is 173 cm³/mol. The number of nitrogens with one attached hydrogen (secondary N) is 2. The fourth-order valence-electron chi connectivity index (χ4n) is 4.92. The summed E-state index contributed by atoms with van der Waals surface area (Å²) in [5.74, 6) is -0.824. The summed E-state index contributed by atoms with van der Waals surface area (Å²) in [6.45, 7) is 13.5. The quantitative estimate of drug-likeness (QED) is 0.175. The molecule has 0 heterocycles. The van der Waals surface area contributed by atoms with Gasteiger partial charge in [-0.3, -0.25) is 9.59 Å². The molecule has 43 heavy (non-hydrogen) atoms. The molecule has 0 aliphatic rings. The second kappa shape index (κ2) is 17.1. The molecular formula is C34H50ClN3O5. The lowest BCUT2D eigenvalue weighted by Crippen LogP contribution is -2.53. The van der Waals surface area contributed by atoms with E-state index in [1.807, 2.05) is 26.8 Å². The number of benzene rings is 2. The molecule has 0 aromatic heterocycles. The number of phenolic OH excluding ortho intramolecular Hbond substituents is 1. The molecule has 2 unspecified atom stereocenters. The van der Waals surface area contributed by atoms with E-state index in [0.717, 1.165) is 37.7 Å². The van der Waals surface area contributed by atoms with E-state index in [2.05, 4.69) is 17.6 Å². The third-order valence-electron chi connectivity index (χ3n) is 6.95. The Bertz CT molecular complexity index is 1190. The number of hydrogen-bond acceptors (Lipinski definition) is 5. The van der Waals surface area contributed by atoms with Crippen molar-refractivity contribution in [1.29, 1.82) is 0 Å². The summed E-state index contributed by atoms with van der Waals surface area (Å²) in [6.07, 6.45) is 5.59. The van der Waals surface area contributed by atoms with Gasteiger partial charge in [-0.2, -0.15) is 0 Å². The fraction of sp³-hybridized carbons (Fsp3) is 0.559. The maximum atomic E-state index is 14.4. The van der Waals surface area contributed by atoms with Crippen molar-refractivity contribution in [3.63, 3.8) is 0 Å². The zero-order chi connectivity index (χ0) is 32.2. The van der Waals surface area contributed by atoms with Gasteiger partial charge in [0.1, 0.15) is 23.4 Å². The van der Waals surface area contributed by atoms with Gasteiger partial charge in [0.05, 0.1) is 10.7 Å². The molecule has 2 atom stereocenters. The number of carbonyl (C=O) groups is 3. The number of aromatic hydroxyl groups is 1. The lowest BCUT2D eigenvalue weighted by atomic mass is 9.98. The van der Waals surface area contributed by atoms with Gasteiger partial charge in [-0.05, 0) is 75.8 Å². The molecule has 0 fully saturated rings. The minimum absolute atomic E-state index is 0.0261. The van der Waals surface area contributed by atoms with Gasteiger partial charge in [0, 0.05) is 6.54 Å². The van der Waals surface area contributed by atoms with Crippen molar-refractivity contribution in [2.75, 3.05) is 11.9 Å². The molecule has 0 aliphatic heterocycles. The highest BCUT2D eigenvalue weighted by Crippen LogP contribution is 2.31. The predicted octanol–water partition coefficient (Wildman–Crippen LogP) is 8.16. The number of amides is 3. The Hall–Kier alpha value is -3.26. The van der Waals surface area contributed by atoms with Crippen LogP contribution in [0.5, 0.6) is 5.75 Å². The summed E-state index contributed by atoms with van der Waals surface area (Å²) < 4.78 is 5.48. The zero-order valence-electron chi connectivity index (χ0n) is 26.8. The number of hydrogen-bond donors (Lipinski definition) is 3. The summed E-state index contributed by atoms with van der Waals surface area (Å²) in [5, 5.41) is 16.5. The van der Waals surface area contributed by atoms with Crippen molar-refractivity contribution < 1.29 is 24.2 Å². The number of halogens is 1. The lowest BCUT2D eigenvalue weighted by Gasteiger charge is -2.35. The van der Waals surface area contributed by atoms with Crippen LogP contribution in [0.15, 0.2) is 42.5 Å². The van der Waals surface area contributed by atoms with E-state index in [9.17, 15) is 19.5 Å². The standard InChI is InChI=1S/C34H50ClN3O5/c1-8-9-10-11-12-13-20-38(32(41)28(21-23(2)3)36-33(42)43-34(5,6)7)30(25-17-15-18-26(39)22-25)31(40)37-29-24(4)16-14-19-27(29)35/h14-19,22-23,28,30,39H,8-13,20-21H2,1-7H3,(H,36,42)(H,37,40). The van der Waals surface area contributed by atoms with E-state index in [0.29, 0.717) is 29.1 Å². The number of anilines is 1. The fourth-order valence-corrected chi connectivity index (χ4v) is 5.19. The van der Waals surface area contributed by atoms with Crippen molar-refractivity contribution >= 4 is 35.2 Å². The number of phenols is 1. The Morgan fingerprint density at radius 3 is 2.26 bits per heavy atom. The van der Waals surface area contributed by atoms with Crippen LogP contribution in [0.1, 0.15) is 104 Å². The summed E-state index contributed by atoms with van der Waals surface area (Å²) in [5.41, 5.74) is 0.928. The van der Waals surface area contributed by atoms with Crippen LogP contribution in [-0.2, 0) is 14.3 Å². The minimum Gasteiger partial charge on any atom is -0.508 e. The number of para-hydroxylation sites is 1. The third kappa shape index (κ3) is 12.1. The number of aryl methyl sites for hydroxylation is 1. The van der Waals surface area contributed by atoms with Gasteiger partial charge in [-0.25, -0.2) is 4.79 Å². The molecule has 238 valence electrons. The maximum absolute atomic E-state index is 14.4. The van der Waals surface area contributed by atoms with Gasteiger partial charge in [0.15, 0.2) is 0 Å². The molecule has 2 rings (SSSR count). The molecule has 0 saturated heterocycles. The van der Waals surface area contributed by atoms with E-state index in [4.69, 9.17) is 16.3 Å². The van der Waals surface area contributed by atoms with Crippen LogP contribution < -0.4 is 10.6 Å². The van der Waals surface area contributed by atoms with Gasteiger partial charge >= 0.3 is 6.09 Å². The van der Waals surface area contributed by atoms with E-state index in [1.165, 1.54) is 17.0 Å². The number of rotatable bonds is 15. The molecule has 8 nitrogen and oxygen atoms in total. The monoisotopic (exact) mass is 615 g/mol. The van der Waals surface area contributed by atoms with Gasteiger partial charge < -0.3 is 25.4 Å². The Morgan fingerprint density at radius 2 is 1.65 bits per heavy atom. The van der Waals surface area contributed by atoms with E-state index < -0.39 is 35.6 Å². The highest BCUT2D eigenvalue weighted by Gasteiger charge is 2.37. The third-order valence-corrected chi connectivity index (χ3v) is 7.26. The Balaban J connectivity index is 2.55. The molecule has 3 amide bonds. The molecule has 2 aromatic rings. The molecule has 9 heteroatoms. The smallest absolute Gasteiger partial charge is 0.408 e. The van der Waals surface area contributed by atoms with E-state index in [1.54, 1.807) is 45.0 Å². The van der Waals surface area contributed by atoms with Crippen LogP contribution in [0.25, 0.3) is 0 Å². The highest BCUT2D eigenvalue weighted by molar-refractivity contribution is 6.34. The first-order valence-corrected chi connectivity index (χ1v) is 15.8. The average molecular weight is 616 g/mol. The van der Waals surface area contributed by atoms with Crippen LogP contribution in [0.4, 0.5) is 10.5 Å². The molecule has 0 bridgehead atoms. The summed E-state index contributed by atoms with van der Waals surface area (Å²) in [6, 6.07) is 9.67. The first-order valence-electron chi connectivity index (χ1n) is 15.4. The first kappa shape index (κ1) is 35.9. The molecule has 2 aromatic carbocycles. The van der Waals surface area contributed by atoms with E-state index in [-0.39, 0.29) is 18.2 Å². The molecular weight excluding hydrogens is 566 g/mol. The van der Waals surface area contributed by atoms with Gasteiger partial charge in [0.25, 0.3) is 5.91 Å². The topological polar surface area (TPSA) is 108 Å². The zero-order valence-corrected chi connectivity index (χ0v) is 27.6. The maximum Gasteiger partial charge on any atom is 0.408 e.